The Morgan fingerprint density at radius 3 is 2.20 bits per heavy atom. The zero-order valence-electron chi connectivity index (χ0n) is 16.0. The molecule has 6 nitrogen and oxygen atoms in total. The number of pyridine rings is 2. The highest BCUT2D eigenvalue weighted by Gasteiger charge is 2.08. The van der Waals surface area contributed by atoms with Gasteiger partial charge in [0.25, 0.3) is 0 Å². The van der Waals surface area contributed by atoms with E-state index in [0.29, 0.717) is 0 Å². The molecule has 0 aliphatic carbocycles. The molecule has 6 heteroatoms. The van der Waals surface area contributed by atoms with E-state index in [9.17, 15) is 0 Å². The molecule has 0 aliphatic heterocycles. The number of H-pyrrole nitrogens is 2. The molecule has 0 fully saturated rings. The van der Waals surface area contributed by atoms with E-state index in [2.05, 4.69) is 66.5 Å². The SMILES string of the molecule is c1ccc(-c2ccc3c(ccc4[nH]c(-c5ccccn5)cc43)c2)nc1.c1nc[nH]n1. The third-order valence-corrected chi connectivity index (χ3v) is 4.85. The third kappa shape index (κ3) is 3.54. The molecule has 2 N–H and O–H groups in total. The Kier molecular flexibility index (Phi) is 4.72. The maximum absolute atomic E-state index is 4.45. The average Bonchev–Trinajstić information content (AvgIpc) is 3.53. The summed E-state index contributed by atoms with van der Waals surface area (Å²) in [4.78, 5) is 15.9. The first-order valence-electron chi connectivity index (χ1n) is 9.55. The summed E-state index contributed by atoms with van der Waals surface area (Å²) in [6.45, 7) is 0. The van der Waals surface area contributed by atoms with E-state index < -0.39 is 0 Å². The van der Waals surface area contributed by atoms with Crippen molar-refractivity contribution in [3.8, 4) is 22.6 Å². The quantitative estimate of drug-likeness (QED) is 0.423. The molecule has 4 heterocycles. The molecule has 4 aromatic heterocycles. The van der Waals surface area contributed by atoms with Crippen molar-refractivity contribution < 1.29 is 0 Å². The fraction of sp³-hybridized carbons (Fsp3) is 0. The first-order chi connectivity index (χ1) is 14.9. The van der Waals surface area contributed by atoms with Crippen molar-refractivity contribution >= 4 is 21.7 Å². The van der Waals surface area contributed by atoms with Crippen LogP contribution in [0.1, 0.15) is 0 Å². The number of hydrogen-bond donors (Lipinski definition) is 2. The first kappa shape index (κ1) is 17.8. The molecule has 30 heavy (non-hydrogen) atoms. The van der Waals surface area contributed by atoms with Gasteiger partial charge in [0, 0.05) is 28.9 Å². The molecule has 6 aromatic rings. The number of rotatable bonds is 2. The normalized spacial score (nSPS) is 10.7. The van der Waals surface area contributed by atoms with E-state index in [4.69, 9.17) is 0 Å². The topological polar surface area (TPSA) is 83.1 Å². The average molecular weight is 390 g/mol. The molecule has 2 aromatic carbocycles. The lowest BCUT2D eigenvalue weighted by molar-refractivity contribution is 1.09. The molecule has 0 bridgehead atoms. The molecule has 0 aliphatic rings. The summed E-state index contributed by atoms with van der Waals surface area (Å²) in [5.41, 5.74) is 5.24. The number of hydrogen-bond acceptors (Lipinski definition) is 4. The van der Waals surface area contributed by atoms with E-state index in [-0.39, 0.29) is 0 Å². The van der Waals surface area contributed by atoms with Gasteiger partial charge in [0.05, 0.1) is 17.1 Å². The Balaban J connectivity index is 0.000000340. The zero-order valence-corrected chi connectivity index (χ0v) is 16.0. The summed E-state index contributed by atoms with van der Waals surface area (Å²) in [6, 6.07) is 24.9. The van der Waals surface area contributed by atoms with E-state index >= 15 is 0 Å². The van der Waals surface area contributed by atoms with E-state index in [0.717, 1.165) is 28.2 Å². The van der Waals surface area contributed by atoms with E-state index in [1.807, 2.05) is 48.8 Å². The Morgan fingerprint density at radius 2 is 1.53 bits per heavy atom. The minimum absolute atomic E-state index is 0.956. The Labute approximate surface area is 172 Å². The van der Waals surface area contributed by atoms with Crippen LogP contribution >= 0.6 is 0 Å². The molecule has 0 spiro atoms. The summed E-state index contributed by atoms with van der Waals surface area (Å²) in [6.07, 6.45) is 6.60. The molecule has 0 unspecified atom stereocenters. The summed E-state index contributed by atoms with van der Waals surface area (Å²) in [5.74, 6) is 0. The van der Waals surface area contributed by atoms with Gasteiger partial charge in [0.15, 0.2) is 0 Å². The van der Waals surface area contributed by atoms with Gasteiger partial charge >= 0.3 is 0 Å². The summed E-state index contributed by atoms with van der Waals surface area (Å²) >= 11 is 0. The maximum atomic E-state index is 4.45. The zero-order chi connectivity index (χ0) is 20.2. The van der Waals surface area contributed by atoms with Crippen LogP contribution in [0.15, 0.2) is 97.8 Å². The van der Waals surface area contributed by atoms with Crippen molar-refractivity contribution in [3.63, 3.8) is 0 Å². The van der Waals surface area contributed by atoms with Gasteiger partial charge in [0.2, 0.25) is 0 Å². The van der Waals surface area contributed by atoms with Crippen LogP contribution in [0.5, 0.6) is 0 Å². The van der Waals surface area contributed by atoms with Gasteiger partial charge in [-0.15, -0.1) is 0 Å². The fourth-order valence-electron chi connectivity index (χ4n) is 3.46. The number of nitrogens with zero attached hydrogens (tertiary/aromatic N) is 4. The second-order valence-corrected chi connectivity index (χ2v) is 6.73. The molecule has 6 rings (SSSR count). The van der Waals surface area contributed by atoms with Gasteiger partial charge in [-0.3, -0.25) is 15.1 Å². The smallest absolute Gasteiger partial charge is 0.137 e. The lowest BCUT2D eigenvalue weighted by Crippen LogP contribution is -1.82. The number of aromatic nitrogens is 6. The molecular formula is C24H18N6. The van der Waals surface area contributed by atoms with Gasteiger partial charge in [-0.05, 0) is 53.2 Å². The van der Waals surface area contributed by atoms with Crippen molar-refractivity contribution in [1.29, 1.82) is 0 Å². The second-order valence-electron chi connectivity index (χ2n) is 6.73. The summed E-state index contributed by atoms with van der Waals surface area (Å²) in [5, 5.41) is 9.64. The van der Waals surface area contributed by atoms with Gasteiger partial charge in [-0.25, -0.2) is 4.98 Å². The molecule has 0 saturated carbocycles. The van der Waals surface area contributed by atoms with Gasteiger partial charge < -0.3 is 4.98 Å². The molecule has 0 saturated heterocycles. The first-order valence-corrected chi connectivity index (χ1v) is 9.55. The third-order valence-electron chi connectivity index (χ3n) is 4.85. The van der Waals surface area contributed by atoms with Crippen LogP contribution in [-0.4, -0.2) is 30.1 Å². The van der Waals surface area contributed by atoms with Crippen molar-refractivity contribution in [2.75, 3.05) is 0 Å². The van der Waals surface area contributed by atoms with Crippen molar-refractivity contribution in [2.24, 2.45) is 0 Å². The fourth-order valence-corrected chi connectivity index (χ4v) is 3.46. The van der Waals surface area contributed by atoms with Crippen LogP contribution in [0, 0.1) is 0 Å². The highest BCUT2D eigenvalue weighted by atomic mass is 15.2. The standard InChI is InChI=1S/C22H15N3.C2H3N3/c1-3-11-23-19(5-1)16-7-9-17-15(13-16)8-10-20-18(17)14-22(25-20)21-6-2-4-12-24-21;1-3-2-5-4-1/h1-14,25H;1-2H,(H,3,4,5). The maximum Gasteiger partial charge on any atom is 0.137 e. The molecule has 144 valence electrons. The number of aromatic amines is 2. The van der Waals surface area contributed by atoms with Crippen LogP contribution in [-0.2, 0) is 0 Å². The van der Waals surface area contributed by atoms with Crippen LogP contribution in [0.3, 0.4) is 0 Å². The van der Waals surface area contributed by atoms with E-state index in [1.54, 1.807) is 0 Å². The number of benzene rings is 2. The predicted octanol–water partition coefficient (Wildman–Crippen LogP) is 5.25. The molecule has 0 amide bonds. The molecule has 0 atom stereocenters. The van der Waals surface area contributed by atoms with E-state index in [1.165, 1.54) is 28.8 Å². The molecular weight excluding hydrogens is 372 g/mol. The van der Waals surface area contributed by atoms with Crippen molar-refractivity contribution in [2.45, 2.75) is 0 Å². The van der Waals surface area contributed by atoms with Crippen LogP contribution in [0.4, 0.5) is 0 Å². The van der Waals surface area contributed by atoms with Crippen LogP contribution in [0.25, 0.3) is 44.3 Å². The predicted molar refractivity (Wildman–Crippen MR) is 119 cm³/mol. The monoisotopic (exact) mass is 390 g/mol. The Hall–Kier alpha value is -4.32. The second kappa shape index (κ2) is 7.97. The minimum Gasteiger partial charge on any atom is -0.353 e. The summed E-state index contributed by atoms with van der Waals surface area (Å²) in [7, 11) is 0. The number of fused-ring (bicyclic) bond motifs is 3. The minimum atomic E-state index is 0.956. The highest BCUT2D eigenvalue weighted by molar-refractivity contribution is 6.08. The Bertz CT molecular complexity index is 1360. The van der Waals surface area contributed by atoms with Crippen molar-refractivity contribution in [1.82, 2.24) is 30.1 Å². The van der Waals surface area contributed by atoms with Crippen LogP contribution < -0.4 is 0 Å². The largest absolute Gasteiger partial charge is 0.353 e. The van der Waals surface area contributed by atoms with Crippen molar-refractivity contribution in [3.05, 3.63) is 97.8 Å². The Morgan fingerprint density at radius 1 is 0.700 bits per heavy atom. The van der Waals surface area contributed by atoms with Gasteiger partial charge in [-0.1, -0.05) is 30.3 Å². The van der Waals surface area contributed by atoms with Gasteiger partial charge in [-0.2, -0.15) is 5.10 Å². The molecule has 0 radical (unpaired) electrons. The number of nitrogens with one attached hydrogen (secondary N) is 2. The lowest BCUT2D eigenvalue weighted by atomic mass is 10.0. The highest BCUT2D eigenvalue weighted by Crippen LogP contribution is 2.31. The lowest BCUT2D eigenvalue weighted by Gasteiger charge is -2.04. The summed E-state index contributed by atoms with van der Waals surface area (Å²) < 4.78 is 0. The van der Waals surface area contributed by atoms with Crippen LogP contribution in [0.2, 0.25) is 0 Å². The van der Waals surface area contributed by atoms with Gasteiger partial charge in [0.1, 0.15) is 12.7 Å².